The number of rotatable bonds is 3. The predicted octanol–water partition coefficient (Wildman–Crippen LogP) is 4.43. The molecule has 1 aliphatic heterocycles. The summed E-state index contributed by atoms with van der Waals surface area (Å²) in [5.74, 6) is -0.00734. The molecule has 0 aliphatic carbocycles. The first kappa shape index (κ1) is 15.9. The van der Waals surface area contributed by atoms with E-state index in [1.807, 2.05) is 32.0 Å². The summed E-state index contributed by atoms with van der Waals surface area (Å²) in [6.07, 6.45) is 2.15. The van der Waals surface area contributed by atoms with Crippen LogP contribution < -0.4 is 10.2 Å². The monoisotopic (exact) mass is 328 g/mol. The predicted molar refractivity (Wildman–Crippen MR) is 96.4 cm³/mol. The van der Waals surface area contributed by atoms with Crippen molar-refractivity contribution >= 4 is 28.9 Å². The maximum atomic E-state index is 12.7. The largest absolute Gasteiger partial charge is 0.360 e. The molecule has 4 heteroatoms. The van der Waals surface area contributed by atoms with E-state index in [9.17, 15) is 4.79 Å². The van der Waals surface area contributed by atoms with Crippen LogP contribution in [0.4, 0.5) is 11.4 Å². The van der Waals surface area contributed by atoms with E-state index in [1.165, 1.54) is 11.3 Å². The van der Waals surface area contributed by atoms with E-state index in [0.29, 0.717) is 5.02 Å². The van der Waals surface area contributed by atoms with Gasteiger partial charge in [-0.2, -0.15) is 0 Å². The number of hydrogen-bond donors (Lipinski definition) is 1. The number of nitrogens with one attached hydrogen (secondary N) is 1. The van der Waals surface area contributed by atoms with Gasteiger partial charge in [-0.25, -0.2) is 0 Å². The number of carbonyl (C=O) groups is 1. The number of halogens is 1. The van der Waals surface area contributed by atoms with Crippen LogP contribution >= 0.6 is 11.6 Å². The molecule has 3 rings (SSSR count). The van der Waals surface area contributed by atoms with Crippen molar-refractivity contribution in [1.82, 2.24) is 0 Å². The van der Waals surface area contributed by atoms with Gasteiger partial charge in [0.1, 0.15) is 6.04 Å². The summed E-state index contributed by atoms with van der Waals surface area (Å²) in [5.41, 5.74) is 4.27. The molecule has 2 aromatic carbocycles. The second-order valence-corrected chi connectivity index (χ2v) is 6.49. The molecule has 0 radical (unpaired) electrons. The van der Waals surface area contributed by atoms with Crippen molar-refractivity contribution in [2.24, 2.45) is 0 Å². The van der Waals surface area contributed by atoms with Gasteiger partial charge in [-0.3, -0.25) is 4.79 Å². The number of fused-ring (bicyclic) bond motifs is 1. The van der Waals surface area contributed by atoms with E-state index >= 15 is 0 Å². The number of amides is 1. The summed E-state index contributed by atoms with van der Waals surface area (Å²) in [4.78, 5) is 14.9. The molecule has 1 atom stereocenters. The second kappa shape index (κ2) is 6.63. The van der Waals surface area contributed by atoms with E-state index in [2.05, 4.69) is 28.4 Å². The molecule has 1 heterocycles. The molecule has 120 valence electrons. The van der Waals surface area contributed by atoms with Crippen molar-refractivity contribution in [2.45, 2.75) is 32.7 Å². The highest BCUT2D eigenvalue weighted by Gasteiger charge is 2.26. The Morgan fingerprint density at radius 1 is 1.26 bits per heavy atom. The highest BCUT2D eigenvalue weighted by Crippen LogP contribution is 2.29. The van der Waals surface area contributed by atoms with E-state index in [-0.39, 0.29) is 11.9 Å². The topological polar surface area (TPSA) is 32.3 Å². The highest BCUT2D eigenvalue weighted by atomic mass is 35.5. The molecule has 1 aliphatic rings. The van der Waals surface area contributed by atoms with E-state index in [0.717, 1.165) is 30.6 Å². The average Bonchev–Trinajstić information content (AvgIpc) is 2.57. The van der Waals surface area contributed by atoms with E-state index < -0.39 is 0 Å². The van der Waals surface area contributed by atoms with E-state index in [4.69, 9.17) is 11.6 Å². The van der Waals surface area contributed by atoms with Crippen molar-refractivity contribution in [1.29, 1.82) is 0 Å². The molecule has 0 saturated carbocycles. The third-order valence-electron chi connectivity index (χ3n) is 4.45. The Hall–Kier alpha value is -2.00. The van der Waals surface area contributed by atoms with Crippen molar-refractivity contribution in [3.8, 4) is 0 Å². The zero-order valence-electron chi connectivity index (χ0n) is 13.5. The van der Waals surface area contributed by atoms with Crippen molar-refractivity contribution in [3.05, 3.63) is 58.6 Å². The normalized spacial score (nSPS) is 15.0. The minimum Gasteiger partial charge on any atom is -0.360 e. The zero-order valence-corrected chi connectivity index (χ0v) is 14.2. The smallest absolute Gasteiger partial charge is 0.246 e. The second-order valence-electron chi connectivity index (χ2n) is 6.05. The van der Waals surface area contributed by atoms with Crippen molar-refractivity contribution in [2.75, 3.05) is 16.8 Å². The summed E-state index contributed by atoms with van der Waals surface area (Å²) < 4.78 is 0. The standard InChI is InChI=1S/C19H21ClN2O/c1-13-9-10-16(20)12-17(13)21-19(23)14(2)22-11-5-7-15-6-3-4-8-18(15)22/h3-4,6,8-10,12,14H,5,7,11H2,1-2H3,(H,21,23)/t14-/m1/s1. The number of hydrogen-bond acceptors (Lipinski definition) is 2. The van der Waals surface area contributed by atoms with Gasteiger partial charge in [0.05, 0.1) is 0 Å². The van der Waals surface area contributed by atoms with Crippen molar-refractivity contribution in [3.63, 3.8) is 0 Å². The molecular formula is C19H21ClN2O. The molecule has 0 unspecified atom stereocenters. The lowest BCUT2D eigenvalue weighted by atomic mass is 10.00. The first-order chi connectivity index (χ1) is 11.1. The van der Waals surface area contributed by atoms with Gasteiger partial charge in [0.2, 0.25) is 5.91 Å². The summed E-state index contributed by atoms with van der Waals surface area (Å²) >= 11 is 6.03. The molecule has 1 amide bonds. The maximum Gasteiger partial charge on any atom is 0.246 e. The third-order valence-corrected chi connectivity index (χ3v) is 4.69. The van der Waals surface area contributed by atoms with Crippen LogP contribution in [0.25, 0.3) is 0 Å². The lowest BCUT2D eigenvalue weighted by Crippen LogP contribution is -2.44. The minimum absolute atomic E-state index is 0.00734. The molecule has 23 heavy (non-hydrogen) atoms. The van der Waals surface area contributed by atoms with Crippen LogP contribution in [0.5, 0.6) is 0 Å². The molecular weight excluding hydrogens is 308 g/mol. The summed E-state index contributed by atoms with van der Waals surface area (Å²) in [6, 6.07) is 13.7. The van der Waals surface area contributed by atoms with Crippen LogP contribution in [0, 0.1) is 6.92 Å². The number of nitrogens with zero attached hydrogens (tertiary/aromatic N) is 1. The summed E-state index contributed by atoms with van der Waals surface area (Å²) in [7, 11) is 0. The van der Waals surface area contributed by atoms with Gasteiger partial charge in [-0.15, -0.1) is 0 Å². The Labute approximate surface area is 142 Å². The molecule has 0 bridgehead atoms. The molecule has 2 aromatic rings. The fraction of sp³-hybridized carbons (Fsp3) is 0.316. The molecule has 1 N–H and O–H groups in total. The summed E-state index contributed by atoms with van der Waals surface area (Å²) in [6.45, 7) is 4.82. The fourth-order valence-electron chi connectivity index (χ4n) is 3.07. The van der Waals surface area contributed by atoms with Crippen LogP contribution in [0.2, 0.25) is 5.02 Å². The maximum absolute atomic E-state index is 12.7. The van der Waals surface area contributed by atoms with Gasteiger partial charge in [0, 0.05) is 22.9 Å². The quantitative estimate of drug-likeness (QED) is 0.904. The molecule has 3 nitrogen and oxygen atoms in total. The number of para-hydroxylation sites is 1. The Morgan fingerprint density at radius 3 is 2.87 bits per heavy atom. The first-order valence-electron chi connectivity index (χ1n) is 7.98. The fourth-order valence-corrected chi connectivity index (χ4v) is 3.24. The van der Waals surface area contributed by atoms with Gasteiger partial charge in [0.15, 0.2) is 0 Å². The van der Waals surface area contributed by atoms with E-state index in [1.54, 1.807) is 6.07 Å². The van der Waals surface area contributed by atoms with Crippen LogP contribution in [0.3, 0.4) is 0 Å². The van der Waals surface area contributed by atoms with Gasteiger partial charge >= 0.3 is 0 Å². The number of benzene rings is 2. The minimum atomic E-state index is -0.227. The number of anilines is 2. The molecule has 0 spiro atoms. The lowest BCUT2D eigenvalue weighted by Gasteiger charge is -2.35. The van der Waals surface area contributed by atoms with Crippen LogP contribution in [0.15, 0.2) is 42.5 Å². The van der Waals surface area contributed by atoms with Gasteiger partial charge < -0.3 is 10.2 Å². The highest BCUT2D eigenvalue weighted by molar-refractivity contribution is 6.31. The Morgan fingerprint density at radius 2 is 2.04 bits per heavy atom. The zero-order chi connectivity index (χ0) is 16.4. The number of carbonyl (C=O) groups excluding carboxylic acids is 1. The lowest BCUT2D eigenvalue weighted by molar-refractivity contribution is -0.117. The third kappa shape index (κ3) is 3.35. The SMILES string of the molecule is Cc1ccc(Cl)cc1NC(=O)[C@@H](C)N1CCCc2ccccc21. The van der Waals surface area contributed by atoms with Gasteiger partial charge in [-0.1, -0.05) is 35.9 Å². The number of aryl methyl sites for hydroxylation is 2. The first-order valence-corrected chi connectivity index (χ1v) is 8.35. The Balaban J connectivity index is 1.79. The molecule has 0 aromatic heterocycles. The van der Waals surface area contributed by atoms with Gasteiger partial charge in [0.25, 0.3) is 0 Å². The van der Waals surface area contributed by atoms with Gasteiger partial charge in [-0.05, 0) is 56.0 Å². The Kier molecular flexibility index (Phi) is 4.58. The van der Waals surface area contributed by atoms with Crippen molar-refractivity contribution < 1.29 is 4.79 Å². The van der Waals surface area contributed by atoms with Crippen LogP contribution in [0.1, 0.15) is 24.5 Å². The average molecular weight is 329 g/mol. The molecule has 0 fully saturated rings. The Bertz CT molecular complexity index is 729. The summed E-state index contributed by atoms with van der Waals surface area (Å²) in [5, 5.41) is 3.64. The molecule has 0 saturated heterocycles. The van der Waals surface area contributed by atoms with Crippen LogP contribution in [-0.2, 0) is 11.2 Å². The van der Waals surface area contributed by atoms with Crippen LogP contribution in [-0.4, -0.2) is 18.5 Å².